The molecule has 0 radical (unpaired) electrons. The van der Waals surface area contributed by atoms with Crippen molar-refractivity contribution in [2.45, 2.75) is 13.3 Å². The first kappa shape index (κ1) is 18.3. The number of carboxylic acids is 1. The molecular weight excluding hydrogens is 374 g/mol. The molecule has 0 fully saturated rings. The number of hydrogen-bond donors (Lipinski definition) is 4. The fourth-order valence-corrected chi connectivity index (χ4v) is 3.02. The maximum Gasteiger partial charge on any atom is 0.304 e. The van der Waals surface area contributed by atoms with Crippen LogP contribution in [0.3, 0.4) is 0 Å². The molecule has 0 spiro atoms. The third-order valence-electron chi connectivity index (χ3n) is 4.50. The van der Waals surface area contributed by atoms with Gasteiger partial charge in [-0.15, -0.1) is 10.2 Å². The molecule has 0 saturated heterocycles. The maximum absolute atomic E-state index is 12.2. The van der Waals surface area contributed by atoms with Gasteiger partial charge in [0.2, 0.25) is 11.7 Å². The number of fused-ring (bicyclic) bond motifs is 1. The highest BCUT2D eigenvalue weighted by Crippen LogP contribution is 2.30. The smallest absolute Gasteiger partial charge is 0.304 e. The van der Waals surface area contributed by atoms with Gasteiger partial charge >= 0.3 is 5.97 Å². The SMILES string of the molecule is C[C@@H](CC(=O)O)C(=O)Nc1cccc(-c2n[nH]c3ccc(-c4nn[nH]n4)cc23)c1. The Morgan fingerprint density at radius 1 is 1.14 bits per heavy atom. The molecule has 1 amide bonds. The summed E-state index contributed by atoms with van der Waals surface area (Å²) in [5, 5.41) is 33.9. The number of carbonyl (C=O) groups excluding carboxylic acids is 1. The van der Waals surface area contributed by atoms with Gasteiger partial charge in [-0.05, 0) is 35.5 Å². The Morgan fingerprint density at radius 2 is 2.00 bits per heavy atom. The van der Waals surface area contributed by atoms with Crippen LogP contribution in [0.5, 0.6) is 0 Å². The molecule has 1 atom stereocenters. The van der Waals surface area contributed by atoms with Gasteiger partial charge in [-0.25, -0.2) is 0 Å². The fourth-order valence-electron chi connectivity index (χ4n) is 3.02. The number of benzene rings is 2. The molecule has 0 aliphatic rings. The molecule has 146 valence electrons. The van der Waals surface area contributed by atoms with E-state index in [4.69, 9.17) is 5.11 Å². The highest BCUT2D eigenvalue weighted by atomic mass is 16.4. The highest BCUT2D eigenvalue weighted by Gasteiger charge is 2.17. The lowest BCUT2D eigenvalue weighted by atomic mass is 10.0. The first-order valence-electron chi connectivity index (χ1n) is 8.86. The van der Waals surface area contributed by atoms with Crippen LogP contribution in [0.1, 0.15) is 13.3 Å². The zero-order chi connectivity index (χ0) is 20.4. The molecule has 4 rings (SSSR count). The number of H-pyrrole nitrogens is 2. The number of rotatable bonds is 6. The van der Waals surface area contributed by atoms with E-state index in [1.807, 2.05) is 24.3 Å². The summed E-state index contributed by atoms with van der Waals surface area (Å²) in [6.45, 7) is 1.58. The van der Waals surface area contributed by atoms with Gasteiger partial charge in [-0.3, -0.25) is 14.7 Å². The lowest BCUT2D eigenvalue weighted by Crippen LogP contribution is -2.22. The molecule has 10 nitrogen and oxygen atoms in total. The molecule has 0 bridgehead atoms. The van der Waals surface area contributed by atoms with E-state index in [0.29, 0.717) is 17.2 Å². The van der Waals surface area contributed by atoms with E-state index in [1.165, 1.54) is 0 Å². The van der Waals surface area contributed by atoms with Crippen molar-refractivity contribution in [1.82, 2.24) is 30.8 Å². The van der Waals surface area contributed by atoms with Crippen LogP contribution in [0.2, 0.25) is 0 Å². The zero-order valence-electron chi connectivity index (χ0n) is 15.4. The predicted molar refractivity (Wildman–Crippen MR) is 105 cm³/mol. The topological polar surface area (TPSA) is 150 Å². The van der Waals surface area contributed by atoms with Gasteiger partial charge in [0.25, 0.3) is 0 Å². The van der Waals surface area contributed by atoms with Crippen LogP contribution in [0.4, 0.5) is 5.69 Å². The minimum absolute atomic E-state index is 0.228. The number of aromatic amines is 2. The first-order chi connectivity index (χ1) is 14.0. The molecule has 0 aliphatic carbocycles. The summed E-state index contributed by atoms with van der Waals surface area (Å²) in [6, 6.07) is 12.9. The number of aliphatic carboxylic acids is 1. The largest absolute Gasteiger partial charge is 0.481 e. The van der Waals surface area contributed by atoms with E-state index >= 15 is 0 Å². The lowest BCUT2D eigenvalue weighted by molar-refractivity contribution is -0.139. The van der Waals surface area contributed by atoms with Crippen molar-refractivity contribution in [2.75, 3.05) is 5.32 Å². The van der Waals surface area contributed by atoms with Crippen molar-refractivity contribution in [3.63, 3.8) is 0 Å². The second-order valence-corrected chi connectivity index (χ2v) is 6.64. The van der Waals surface area contributed by atoms with Crippen LogP contribution in [0.25, 0.3) is 33.5 Å². The van der Waals surface area contributed by atoms with Crippen molar-refractivity contribution in [1.29, 1.82) is 0 Å². The number of anilines is 1. The molecule has 0 saturated carbocycles. The second kappa shape index (κ2) is 7.50. The van der Waals surface area contributed by atoms with Gasteiger partial charge in [-0.1, -0.05) is 19.1 Å². The number of amides is 1. The summed E-state index contributed by atoms with van der Waals surface area (Å²) >= 11 is 0. The number of tetrazole rings is 1. The Bertz CT molecular complexity index is 1180. The third kappa shape index (κ3) is 3.81. The van der Waals surface area contributed by atoms with Crippen LogP contribution in [-0.4, -0.2) is 47.8 Å². The summed E-state index contributed by atoms with van der Waals surface area (Å²) in [4.78, 5) is 23.0. The van der Waals surface area contributed by atoms with Gasteiger partial charge in [0.1, 0.15) is 0 Å². The van der Waals surface area contributed by atoms with E-state index in [-0.39, 0.29) is 12.3 Å². The van der Waals surface area contributed by atoms with E-state index < -0.39 is 11.9 Å². The Labute approximate surface area is 164 Å². The van der Waals surface area contributed by atoms with Gasteiger partial charge in [0, 0.05) is 28.1 Å². The number of carboxylic acid groups (broad SMARTS) is 1. The standard InChI is InChI=1S/C19H17N7O3/c1-10(7-16(27)28)19(29)20-13-4-2-3-11(8-13)17-14-9-12(18-23-25-26-24-18)5-6-15(14)21-22-17/h2-6,8-10H,7H2,1H3,(H,20,29)(H,21,22)(H,27,28)(H,23,24,25,26)/t10-/m0/s1. The summed E-state index contributed by atoms with van der Waals surface area (Å²) in [5.74, 6) is -1.52. The van der Waals surface area contributed by atoms with E-state index in [9.17, 15) is 9.59 Å². The quantitative estimate of drug-likeness (QED) is 0.394. The molecule has 29 heavy (non-hydrogen) atoms. The first-order valence-corrected chi connectivity index (χ1v) is 8.86. The third-order valence-corrected chi connectivity index (χ3v) is 4.50. The van der Waals surface area contributed by atoms with Crippen LogP contribution >= 0.6 is 0 Å². The minimum Gasteiger partial charge on any atom is -0.481 e. The number of hydrogen-bond acceptors (Lipinski definition) is 6. The summed E-state index contributed by atoms with van der Waals surface area (Å²) in [6.07, 6.45) is -0.228. The average molecular weight is 391 g/mol. The van der Waals surface area contributed by atoms with Gasteiger partial charge in [0.05, 0.1) is 17.6 Å². The van der Waals surface area contributed by atoms with Gasteiger partial charge in [0.15, 0.2) is 0 Å². The van der Waals surface area contributed by atoms with E-state index in [0.717, 1.165) is 22.0 Å². The Kier molecular flexibility index (Phi) is 4.73. The molecule has 0 aliphatic heterocycles. The Balaban J connectivity index is 1.64. The number of nitrogens with one attached hydrogen (secondary N) is 3. The van der Waals surface area contributed by atoms with E-state index in [2.05, 4.69) is 36.1 Å². The predicted octanol–water partition coefficient (Wildman–Crippen LogP) is 2.46. The minimum atomic E-state index is -1.01. The summed E-state index contributed by atoms with van der Waals surface area (Å²) in [7, 11) is 0. The number of carbonyl (C=O) groups is 2. The summed E-state index contributed by atoms with van der Waals surface area (Å²) in [5.41, 5.74) is 3.71. The van der Waals surface area contributed by atoms with Crippen molar-refractivity contribution in [2.24, 2.45) is 5.92 Å². The lowest BCUT2D eigenvalue weighted by Gasteiger charge is -2.11. The summed E-state index contributed by atoms with van der Waals surface area (Å²) < 4.78 is 0. The molecule has 10 heteroatoms. The van der Waals surface area contributed by atoms with Gasteiger partial charge < -0.3 is 10.4 Å². The average Bonchev–Trinajstić information content (AvgIpc) is 3.37. The maximum atomic E-state index is 12.2. The van der Waals surface area contributed by atoms with Crippen LogP contribution in [0, 0.1) is 5.92 Å². The Hall–Kier alpha value is -4.08. The molecule has 2 aromatic heterocycles. The van der Waals surface area contributed by atoms with Crippen molar-refractivity contribution < 1.29 is 14.7 Å². The van der Waals surface area contributed by atoms with Crippen molar-refractivity contribution >= 4 is 28.5 Å². The van der Waals surface area contributed by atoms with Crippen LogP contribution in [0.15, 0.2) is 42.5 Å². The fraction of sp³-hybridized carbons (Fsp3) is 0.158. The van der Waals surface area contributed by atoms with Crippen molar-refractivity contribution in [3.8, 4) is 22.6 Å². The van der Waals surface area contributed by atoms with Gasteiger partial charge in [-0.2, -0.15) is 10.3 Å². The molecule has 2 aromatic carbocycles. The molecule has 0 unspecified atom stereocenters. The van der Waals surface area contributed by atoms with Crippen molar-refractivity contribution in [3.05, 3.63) is 42.5 Å². The monoisotopic (exact) mass is 391 g/mol. The Morgan fingerprint density at radius 3 is 2.76 bits per heavy atom. The molecule has 4 N–H and O–H groups in total. The molecule has 2 heterocycles. The van der Waals surface area contributed by atoms with Crippen LogP contribution in [-0.2, 0) is 9.59 Å². The number of nitrogens with zero attached hydrogens (tertiary/aromatic N) is 4. The molecular formula is C19H17N7O3. The van der Waals surface area contributed by atoms with Crippen LogP contribution < -0.4 is 5.32 Å². The highest BCUT2D eigenvalue weighted by molar-refractivity contribution is 5.97. The normalized spacial score (nSPS) is 12.0. The molecule has 4 aromatic rings. The second-order valence-electron chi connectivity index (χ2n) is 6.64. The zero-order valence-corrected chi connectivity index (χ0v) is 15.4. The van der Waals surface area contributed by atoms with E-state index in [1.54, 1.807) is 25.1 Å². The number of aromatic nitrogens is 6.